The van der Waals surface area contributed by atoms with Crippen molar-refractivity contribution in [2.75, 3.05) is 31.1 Å². The maximum atomic E-state index is 11.8. The van der Waals surface area contributed by atoms with E-state index >= 15 is 0 Å². The normalized spacial score (nSPS) is 14.3. The molecule has 3 aromatic carbocycles. The fraction of sp³-hybridized carbons (Fsp3) is 0.214. The Morgan fingerprint density at radius 2 is 1.53 bits per heavy atom. The zero-order valence-electron chi connectivity index (χ0n) is 18.9. The fourth-order valence-electron chi connectivity index (χ4n) is 4.41. The van der Waals surface area contributed by atoms with E-state index in [-0.39, 0.29) is 5.69 Å². The molecule has 1 aromatic heterocycles. The van der Waals surface area contributed by atoms with Crippen LogP contribution in [0.1, 0.15) is 21.6 Å². The SMILES string of the molecule is O=C(O)c1cc(OCc2ccccc2)c2cccc(N3CCN(Cc4ccccc4)CC3)c2n1. The molecule has 34 heavy (non-hydrogen) atoms. The van der Waals surface area contributed by atoms with Crippen LogP contribution in [0.4, 0.5) is 5.69 Å². The van der Waals surface area contributed by atoms with E-state index in [0.717, 1.165) is 49.4 Å². The lowest BCUT2D eigenvalue weighted by Crippen LogP contribution is -2.46. The lowest BCUT2D eigenvalue weighted by atomic mass is 10.1. The van der Waals surface area contributed by atoms with Crippen molar-refractivity contribution < 1.29 is 14.6 Å². The minimum Gasteiger partial charge on any atom is -0.488 e. The van der Waals surface area contributed by atoms with E-state index in [9.17, 15) is 9.90 Å². The number of para-hydroxylation sites is 1. The van der Waals surface area contributed by atoms with Crippen LogP contribution in [0, 0.1) is 0 Å². The molecule has 0 radical (unpaired) electrons. The van der Waals surface area contributed by atoms with Crippen molar-refractivity contribution >= 4 is 22.6 Å². The van der Waals surface area contributed by atoms with Crippen LogP contribution in [0.2, 0.25) is 0 Å². The summed E-state index contributed by atoms with van der Waals surface area (Å²) in [6.07, 6.45) is 0. The molecule has 1 N–H and O–H groups in total. The molecular formula is C28H27N3O3. The molecule has 0 unspecified atom stereocenters. The average Bonchev–Trinajstić information content (AvgIpc) is 2.88. The van der Waals surface area contributed by atoms with Gasteiger partial charge in [0.1, 0.15) is 12.4 Å². The van der Waals surface area contributed by atoms with E-state index in [0.29, 0.717) is 17.9 Å². The number of aromatic nitrogens is 1. The highest BCUT2D eigenvalue weighted by Crippen LogP contribution is 2.33. The van der Waals surface area contributed by atoms with Gasteiger partial charge in [-0.1, -0.05) is 66.7 Å². The van der Waals surface area contributed by atoms with Crippen LogP contribution < -0.4 is 9.64 Å². The molecule has 172 valence electrons. The highest BCUT2D eigenvalue weighted by atomic mass is 16.5. The molecule has 1 aliphatic heterocycles. The first-order chi connectivity index (χ1) is 16.7. The van der Waals surface area contributed by atoms with Crippen molar-refractivity contribution in [1.29, 1.82) is 0 Å². The second kappa shape index (κ2) is 9.93. The van der Waals surface area contributed by atoms with Crippen LogP contribution >= 0.6 is 0 Å². The molecular weight excluding hydrogens is 426 g/mol. The maximum absolute atomic E-state index is 11.8. The van der Waals surface area contributed by atoms with Gasteiger partial charge in [0, 0.05) is 44.2 Å². The summed E-state index contributed by atoms with van der Waals surface area (Å²) in [5.74, 6) is -0.523. The molecule has 1 saturated heterocycles. The molecule has 5 rings (SSSR count). The third kappa shape index (κ3) is 4.87. The third-order valence-corrected chi connectivity index (χ3v) is 6.20. The van der Waals surface area contributed by atoms with Gasteiger partial charge in [-0.05, 0) is 23.3 Å². The van der Waals surface area contributed by atoms with Gasteiger partial charge in [-0.2, -0.15) is 0 Å². The molecule has 0 bridgehead atoms. The number of fused-ring (bicyclic) bond motifs is 1. The first kappa shape index (κ1) is 21.9. The minimum atomic E-state index is -1.06. The van der Waals surface area contributed by atoms with E-state index in [1.165, 1.54) is 11.6 Å². The number of piperazine rings is 1. The first-order valence-corrected chi connectivity index (χ1v) is 11.5. The Kier molecular flexibility index (Phi) is 6.40. The van der Waals surface area contributed by atoms with Gasteiger partial charge < -0.3 is 14.7 Å². The number of hydrogen-bond donors (Lipinski definition) is 1. The quantitative estimate of drug-likeness (QED) is 0.432. The second-order valence-corrected chi connectivity index (χ2v) is 8.51. The molecule has 4 aromatic rings. The number of aromatic carboxylic acids is 1. The fourth-order valence-corrected chi connectivity index (χ4v) is 4.41. The summed E-state index contributed by atoms with van der Waals surface area (Å²) in [5, 5.41) is 10.5. The Hall–Kier alpha value is -3.90. The van der Waals surface area contributed by atoms with Gasteiger partial charge in [0.05, 0.1) is 11.2 Å². The van der Waals surface area contributed by atoms with Gasteiger partial charge in [0.15, 0.2) is 5.69 Å². The van der Waals surface area contributed by atoms with E-state index in [1.54, 1.807) is 0 Å². The maximum Gasteiger partial charge on any atom is 0.354 e. The number of hydrogen-bond acceptors (Lipinski definition) is 5. The Bertz CT molecular complexity index is 1270. The average molecular weight is 454 g/mol. The Morgan fingerprint density at radius 1 is 0.853 bits per heavy atom. The summed E-state index contributed by atoms with van der Waals surface area (Å²) < 4.78 is 6.09. The number of benzene rings is 3. The number of rotatable bonds is 7. The Balaban J connectivity index is 1.39. The van der Waals surface area contributed by atoms with Crippen molar-refractivity contribution in [1.82, 2.24) is 9.88 Å². The van der Waals surface area contributed by atoms with Crippen LogP contribution in [0.3, 0.4) is 0 Å². The summed E-state index contributed by atoms with van der Waals surface area (Å²) in [6, 6.07) is 27.8. The van der Waals surface area contributed by atoms with Gasteiger partial charge in [-0.15, -0.1) is 0 Å². The number of pyridine rings is 1. The van der Waals surface area contributed by atoms with Crippen LogP contribution in [-0.2, 0) is 13.2 Å². The Morgan fingerprint density at radius 3 is 2.21 bits per heavy atom. The van der Waals surface area contributed by atoms with Gasteiger partial charge >= 0.3 is 5.97 Å². The number of carboxylic acids is 1. The number of carboxylic acid groups (broad SMARTS) is 1. The smallest absolute Gasteiger partial charge is 0.354 e. The van der Waals surface area contributed by atoms with Crippen molar-refractivity contribution in [2.24, 2.45) is 0 Å². The molecule has 0 amide bonds. The third-order valence-electron chi connectivity index (χ3n) is 6.20. The van der Waals surface area contributed by atoms with Gasteiger partial charge in [-0.3, -0.25) is 4.90 Å². The zero-order valence-corrected chi connectivity index (χ0v) is 18.9. The summed E-state index contributed by atoms with van der Waals surface area (Å²) in [4.78, 5) is 21.1. The largest absolute Gasteiger partial charge is 0.488 e. The summed E-state index contributed by atoms with van der Waals surface area (Å²) in [7, 11) is 0. The predicted octanol–water partition coefficient (Wildman–Crippen LogP) is 4.83. The number of anilines is 1. The van der Waals surface area contributed by atoms with E-state index in [2.05, 4.69) is 39.0 Å². The van der Waals surface area contributed by atoms with Gasteiger partial charge in [-0.25, -0.2) is 9.78 Å². The number of ether oxygens (including phenoxy) is 1. The summed E-state index contributed by atoms with van der Waals surface area (Å²) >= 11 is 0. The molecule has 1 fully saturated rings. The van der Waals surface area contributed by atoms with Crippen molar-refractivity contribution in [2.45, 2.75) is 13.2 Å². The molecule has 0 atom stereocenters. The predicted molar refractivity (Wildman–Crippen MR) is 133 cm³/mol. The molecule has 2 heterocycles. The molecule has 0 spiro atoms. The molecule has 0 aliphatic carbocycles. The number of carbonyl (C=O) groups is 1. The van der Waals surface area contributed by atoms with Gasteiger partial charge in [0.2, 0.25) is 0 Å². The summed E-state index contributed by atoms with van der Waals surface area (Å²) in [6.45, 7) is 4.86. The lowest BCUT2D eigenvalue weighted by molar-refractivity contribution is 0.0690. The monoisotopic (exact) mass is 453 g/mol. The molecule has 6 nitrogen and oxygen atoms in total. The topological polar surface area (TPSA) is 65.9 Å². The van der Waals surface area contributed by atoms with Crippen LogP contribution in [0.5, 0.6) is 5.75 Å². The Labute approximate surface area is 199 Å². The van der Waals surface area contributed by atoms with Crippen molar-refractivity contribution in [3.63, 3.8) is 0 Å². The first-order valence-electron chi connectivity index (χ1n) is 11.5. The lowest BCUT2D eigenvalue weighted by Gasteiger charge is -2.36. The standard InChI is InChI=1S/C28H27N3O3/c32-28(33)24-18-26(34-20-22-10-5-2-6-11-22)23-12-7-13-25(27(23)29-24)31-16-14-30(15-17-31)19-21-8-3-1-4-9-21/h1-13,18H,14-17,19-20H2,(H,32,33). The zero-order chi connectivity index (χ0) is 23.3. The minimum absolute atomic E-state index is 0.00859. The highest BCUT2D eigenvalue weighted by molar-refractivity contribution is 5.98. The molecule has 6 heteroatoms. The van der Waals surface area contributed by atoms with Crippen LogP contribution in [-0.4, -0.2) is 47.1 Å². The van der Waals surface area contributed by atoms with E-state index in [4.69, 9.17) is 4.74 Å². The highest BCUT2D eigenvalue weighted by Gasteiger charge is 2.21. The van der Waals surface area contributed by atoms with Crippen LogP contribution in [0.15, 0.2) is 84.9 Å². The summed E-state index contributed by atoms with van der Waals surface area (Å²) in [5.41, 5.74) is 3.95. The second-order valence-electron chi connectivity index (χ2n) is 8.51. The van der Waals surface area contributed by atoms with E-state index in [1.807, 2.05) is 54.6 Å². The van der Waals surface area contributed by atoms with Crippen LogP contribution in [0.25, 0.3) is 10.9 Å². The van der Waals surface area contributed by atoms with Crippen molar-refractivity contribution in [3.8, 4) is 5.75 Å². The number of nitrogens with zero attached hydrogens (tertiary/aromatic N) is 3. The molecule has 0 saturated carbocycles. The van der Waals surface area contributed by atoms with Crippen molar-refractivity contribution in [3.05, 3.63) is 102 Å². The van der Waals surface area contributed by atoms with E-state index < -0.39 is 5.97 Å². The van der Waals surface area contributed by atoms with Gasteiger partial charge in [0.25, 0.3) is 0 Å². The molecule has 1 aliphatic rings.